The van der Waals surface area contributed by atoms with Crippen molar-refractivity contribution in [2.75, 3.05) is 13.2 Å². The van der Waals surface area contributed by atoms with Crippen LogP contribution in [0, 0.1) is 28.6 Å². The van der Waals surface area contributed by atoms with E-state index in [-0.39, 0.29) is 35.0 Å². The average molecular weight is 514 g/mol. The third kappa shape index (κ3) is 4.43. The summed E-state index contributed by atoms with van der Waals surface area (Å²) in [5, 5.41) is 21.2. The van der Waals surface area contributed by atoms with E-state index in [2.05, 4.69) is 35.7 Å². The van der Waals surface area contributed by atoms with Crippen molar-refractivity contribution in [1.29, 1.82) is 0 Å². The number of carbonyl (C=O) groups is 3. The molecule has 0 aromatic heterocycles. The van der Waals surface area contributed by atoms with Gasteiger partial charge in [0.1, 0.15) is 11.6 Å². The number of hydrogen-bond acceptors (Lipinski definition) is 6. The SMILES string of the molecule is CC(=O)[C@]1(O)CC[C@@H]2[C@H]3CCC4=C/C(=N/OCC(=O)N[C@@H]5CCCCNC5=O)CC[C@]4(C)[C@@H]3CC[C@@]21C. The van der Waals surface area contributed by atoms with Crippen molar-refractivity contribution in [2.45, 2.75) is 103 Å². The summed E-state index contributed by atoms with van der Waals surface area (Å²) < 4.78 is 0. The third-order valence-electron chi connectivity index (χ3n) is 11.0. The largest absolute Gasteiger partial charge is 0.385 e. The number of aliphatic hydroxyl groups is 1. The number of carbonyl (C=O) groups excluding carboxylic acids is 3. The monoisotopic (exact) mass is 513 g/mol. The molecule has 8 heteroatoms. The van der Waals surface area contributed by atoms with Gasteiger partial charge in [-0.25, -0.2) is 0 Å². The van der Waals surface area contributed by atoms with Crippen LogP contribution in [0.3, 0.4) is 0 Å². The molecule has 0 aromatic rings. The van der Waals surface area contributed by atoms with Crippen molar-refractivity contribution in [3.05, 3.63) is 11.6 Å². The van der Waals surface area contributed by atoms with Gasteiger partial charge in [-0.1, -0.05) is 24.6 Å². The summed E-state index contributed by atoms with van der Waals surface area (Å²) in [4.78, 5) is 42.2. The molecule has 1 heterocycles. The van der Waals surface area contributed by atoms with Crippen molar-refractivity contribution in [1.82, 2.24) is 10.6 Å². The van der Waals surface area contributed by atoms with Gasteiger partial charge in [-0.2, -0.15) is 0 Å². The van der Waals surface area contributed by atoms with E-state index >= 15 is 0 Å². The zero-order valence-electron chi connectivity index (χ0n) is 22.6. The molecular weight excluding hydrogens is 470 g/mol. The molecule has 0 spiro atoms. The molecule has 0 aromatic carbocycles. The Labute approximate surface area is 220 Å². The van der Waals surface area contributed by atoms with E-state index in [9.17, 15) is 19.5 Å². The first-order valence-corrected chi connectivity index (χ1v) is 14.3. The molecule has 0 unspecified atom stereocenters. The number of amides is 2. The Morgan fingerprint density at radius 3 is 2.68 bits per heavy atom. The molecule has 7 atom stereocenters. The number of nitrogens with one attached hydrogen (secondary N) is 2. The molecule has 5 rings (SSSR count). The number of allylic oxidation sites excluding steroid dienone is 2. The van der Waals surface area contributed by atoms with Gasteiger partial charge in [0.05, 0.1) is 5.71 Å². The van der Waals surface area contributed by atoms with E-state index in [1.165, 1.54) is 5.57 Å². The topological polar surface area (TPSA) is 117 Å². The van der Waals surface area contributed by atoms with Crippen molar-refractivity contribution < 1.29 is 24.3 Å². The van der Waals surface area contributed by atoms with E-state index in [0.717, 1.165) is 63.5 Å². The van der Waals surface area contributed by atoms with Gasteiger partial charge in [0.15, 0.2) is 12.4 Å². The van der Waals surface area contributed by atoms with Gasteiger partial charge in [-0.3, -0.25) is 14.4 Å². The van der Waals surface area contributed by atoms with E-state index in [1.54, 1.807) is 6.92 Å². The van der Waals surface area contributed by atoms with Gasteiger partial charge in [0, 0.05) is 12.0 Å². The Hall–Kier alpha value is -2.22. The first-order chi connectivity index (χ1) is 17.6. The first-order valence-electron chi connectivity index (χ1n) is 14.3. The van der Waals surface area contributed by atoms with Gasteiger partial charge in [0.25, 0.3) is 5.91 Å². The van der Waals surface area contributed by atoms with E-state index < -0.39 is 11.6 Å². The summed E-state index contributed by atoms with van der Waals surface area (Å²) in [5.41, 5.74) is 0.911. The summed E-state index contributed by atoms with van der Waals surface area (Å²) in [7, 11) is 0. The quantitative estimate of drug-likeness (QED) is 0.487. The van der Waals surface area contributed by atoms with Gasteiger partial charge >= 0.3 is 0 Å². The minimum Gasteiger partial charge on any atom is -0.385 e. The molecule has 0 radical (unpaired) electrons. The molecule has 3 saturated carbocycles. The second-order valence-electron chi connectivity index (χ2n) is 12.7. The summed E-state index contributed by atoms with van der Waals surface area (Å²) in [6.07, 6.45) is 12.0. The predicted octanol–water partition coefficient (Wildman–Crippen LogP) is 3.43. The summed E-state index contributed by atoms with van der Waals surface area (Å²) in [5.74, 6) is 0.963. The van der Waals surface area contributed by atoms with Crippen molar-refractivity contribution in [3.8, 4) is 0 Å². The Balaban J connectivity index is 1.22. The maximum atomic E-state index is 12.4. The van der Waals surface area contributed by atoms with Gasteiger partial charge in [-0.05, 0) is 107 Å². The number of nitrogens with zero attached hydrogens (tertiary/aromatic N) is 1. The molecule has 8 nitrogen and oxygen atoms in total. The molecule has 2 amide bonds. The second-order valence-corrected chi connectivity index (χ2v) is 12.7. The number of hydrogen-bond donors (Lipinski definition) is 3. The van der Waals surface area contributed by atoms with Crippen LogP contribution in [0.1, 0.15) is 91.4 Å². The summed E-state index contributed by atoms with van der Waals surface area (Å²) in [6.45, 7) is 6.58. The molecule has 0 bridgehead atoms. The first kappa shape index (κ1) is 26.4. The third-order valence-corrected chi connectivity index (χ3v) is 11.0. The lowest BCUT2D eigenvalue weighted by atomic mass is 9.46. The number of ketones is 1. The fourth-order valence-electron chi connectivity index (χ4n) is 8.72. The fourth-order valence-corrected chi connectivity index (χ4v) is 8.72. The maximum Gasteiger partial charge on any atom is 0.261 e. The fraction of sp³-hybridized carbons (Fsp3) is 0.793. The molecular formula is C29H43N3O5. The molecule has 204 valence electrons. The van der Waals surface area contributed by atoms with Crippen LogP contribution in [0.2, 0.25) is 0 Å². The van der Waals surface area contributed by atoms with Gasteiger partial charge in [0.2, 0.25) is 5.91 Å². The summed E-state index contributed by atoms with van der Waals surface area (Å²) in [6, 6.07) is -0.498. The molecule has 3 N–H and O–H groups in total. The Bertz CT molecular complexity index is 1020. The molecule has 4 aliphatic carbocycles. The van der Waals surface area contributed by atoms with Crippen LogP contribution in [0.4, 0.5) is 0 Å². The van der Waals surface area contributed by atoms with Crippen LogP contribution >= 0.6 is 0 Å². The minimum absolute atomic E-state index is 0.0664. The Kier molecular flexibility index (Phi) is 7.01. The molecule has 37 heavy (non-hydrogen) atoms. The molecule has 5 aliphatic rings. The minimum atomic E-state index is -1.17. The zero-order chi connectivity index (χ0) is 26.4. The highest BCUT2D eigenvalue weighted by molar-refractivity contribution is 5.96. The van der Waals surface area contributed by atoms with E-state index in [4.69, 9.17) is 4.84 Å². The lowest BCUT2D eigenvalue weighted by Gasteiger charge is -2.59. The normalized spacial score (nSPS) is 42.4. The standard InChI is InChI=1S/C29H43N3O5/c1-18(33)29(36)14-11-23-21-8-7-19-16-20(9-12-27(19,2)22(21)10-13-28(23,29)3)32-37-17-25(34)31-24-6-4-5-15-30-26(24)35/h16,21-24,36H,4-15,17H2,1-3H3,(H,30,35)(H,31,34)/b32-20+/t21-,22+,23+,24+,27-,28-,29+/m0/s1. The lowest BCUT2D eigenvalue weighted by Crippen LogP contribution is -2.57. The van der Waals surface area contributed by atoms with Crippen LogP contribution < -0.4 is 10.6 Å². The van der Waals surface area contributed by atoms with Gasteiger partial charge < -0.3 is 20.6 Å². The zero-order valence-corrected chi connectivity index (χ0v) is 22.6. The van der Waals surface area contributed by atoms with Crippen LogP contribution in [0.15, 0.2) is 16.8 Å². The maximum absolute atomic E-state index is 12.4. The van der Waals surface area contributed by atoms with Crippen molar-refractivity contribution >= 4 is 23.3 Å². The van der Waals surface area contributed by atoms with Crippen molar-refractivity contribution in [3.63, 3.8) is 0 Å². The second kappa shape index (κ2) is 9.83. The average Bonchev–Trinajstić information content (AvgIpc) is 2.99. The highest BCUT2D eigenvalue weighted by Crippen LogP contribution is 2.67. The number of Topliss-reactive ketones (excluding diaryl/α,β-unsaturated/α-hetero) is 1. The number of rotatable bonds is 5. The number of fused-ring (bicyclic) bond motifs is 5. The number of oxime groups is 1. The highest BCUT2D eigenvalue weighted by atomic mass is 16.6. The van der Waals surface area contributed by atoms with Crippen LogP contribution in [-0.4, -0.2) is 53.2 Å². The van der Waals surface area contributed by atoms with Crippen LogP contribution in [0.25, 0.3) is 0 Å². The molecule has 1 aliphatic heterocycles. The summed E-state index contributed by atoms with van der Waals surface area (Å²) >= 11 is 0. The predicted molar refractivity (Wildman–Crippen MR) is 140 cm³/mol. The van der Waals surface area contributed by atoms with Crippen LogP contribution in [-0.2, 0) is 19.2 Å². The smallest absolute Gasteiger partial charge is 0.261 e. The Morgan fingerprint density at radius 2 is 1.89 bits per heavy atom. The highest BCUT2D eigenvalue weighted by Gasteiger charge is 2.65. The van der Waals surface area contributed by atoms with Gasteiger partial charge in [-0.15, -0.1) is 0 Å². The van der Waals surface area contributed by atoms with E-state index in [1.807, 2.05) is 0 Å². The van der Waals surface area contributed by atoms with Crippen molar-refractivity contribution in [2.24, 2.45) is 33.7 Å². The Morgan fingerprint density at radius 1 is 1.11 bits per heavy atom. The van der Waals surface area contributed by atoms with Crippen LogP contribution in [0.5, 0.6) is 0 Å². The molecule has 1 saturated heterocycles. The molecule has 4 fully saturated rings. The van der Waals surface area contributed by atoms with E-state index in [0.29, 0.717) is 37.1 Å². The lowest BCUT2D eigenvalue weighted by molar-refractivity contribution is -0.159.